The second kappa shape index (κ2) is 31.2. The largest absolute Gasteiger partial charge is 0.469 e. The molecule has 70 heavy (non-hydrogen) atoms. The fraction of sp³-hybridized carbons (Fsp3) is 0.545. The van der Waals surface area contributed by atoms with Crippen LogP contribution in [0.5, 0.6) is 0 Å². The van der Waals surface area contributed by atoms with E-state index in [0.717, 1.165) is 12.5 Å². The number of hydrogen-bond donors (Lipinski definition) is 8. The van der Waals surface area contributed by atoms with E-state index < -0.39 is 73.9 Å². The number of rotatable bonds is 28. The number of aliphatic hydroxyl groups is 2. The van der Waals surface area contributed by atoms with Crippen molar-refractivity contribution in [3.8, 4) is 0 Å². The van der Waals surface area contributed by atoms with Gasteiger partial charge in [0.1, 0.15) is 24.2 Å². The van der Waals surface area contributed by atoms with E-state index in [9.17, 15) is 65.4 Å². The molecule has 24 nitrogen and oxygen atoms in total. The number of unbranched alkanes of at least 4 members (excludes halogenated alkanes) is 2. The van der Waals surface area contributed by atoms with Gasteiger partial charge in [0.2, 0.25) is 35.4 Å². The quantitative estimate of drug-likeness (QED) is 0.0330. The van der Waals surface area contributed by atoms with E-state index >= 15 is 0 Å². The lowest BCUT2D eigenvalue weighted by molar-refractivity contribution is -0.141. The number of carbonyl (C=O) groups excluding carboxylic acids is 8. The minimum absolute atomic E-state index is 0.107. The number of carbonyl (C=O) groups is 8. The lowest BCUT2D eigenvalue weighted by atomic mass is 10.1. The maximum Gasteiger partial charge on any atom is 0.305 e. The van der Waals surface area contributed by atoms with E-state index in [0.29, 0.717) is 53.6 Å². The van der Waals surface area contributed by atoms with Gasteiger partial charge in [-0.05, 0) is 99.9 Å². The SMILES string of the molecule is COC(=O)CCCCC(=O)N[C@@H](C)C(=O)N[C@@H](C)C(=O)Nc1cc(CO)cc(CO)c1.COC(=O)CCCCC(=O)N[C@@H](C)C(=O)N[C@@H](C)C(=O)Nc1cc(COS(C)(=O)=O)cc(COS(C)(=O)=O)c1. The van der Waals surface area contributed by atoms with Crippen molar-refractivity contribution in [3.05, 3.63) is 58.7 Å². The van der Waals surface area contributed by atoms with Gasteiger partial charge < -0.3 is 51.6 Å². The van der Waals surface area contributed by atoms with Crippen LogP contribution in [0.1, 0.15) is 101 Å². The highest BCUT2D eigenvalue weighted by Gasteiger charge is 2.23. The Bertz CT molecular complexity index is 2270. The van der Waals surface area contributed by atoms with Crippen molar-refractivity contribution >= 4 is 79.0 Å². The molecular formula is C44H66N6O18S2. The Kier molecular flexibility index (Phi) is 27.6. The third-order valence-electron chi connectivity index (χ3n) is 9.46. The second-order valence-corrected chi connectivity index (χ2v) is 19.2. The summed E-state index contributed by atoms with van der Waals surface area (Å²) in [6.45, 7) is 4.62. The number of nitrogens with one attached hydrogen (secondary N) is 6. The molecule has 6 amide bonds. The first-order valence-corrected chi connectivity index (χ1v) is 25.4. The van der Waals surface area contributed by atoms with E-state index in [1.807, 2.05) is 0 Å². The first kappa shape index (κ1) is 62.0. The molecule has 4 atom stereocenters. The van der Waals surface area contributed by atoms with Crippen LogP contribution in [-0.4, -0.2) is 125 Å². The van der Waals surface area contributed by atoms with Gasteiger partial charge in [-0.1, -0.05) is 12.1 Å². The molecular weight excluding hydrogens is 965 g/mol. The average Bonchev–Trinajstić information content (AvgIpc) is 3.29. The van der Waals surface area contributed by atoms with E-state index in [4.69, 9.17) is 8.37 Å². The Hall–Kier alpha value is -6.06. The van der Waals surface area contributed by atoms with Crippen molar-refractivity contribution in [2.45, 2.75) is 130 Å². The lowest BCUT2D eigenvalue weighted by Crippen LogP contribution is -2.50. The number of amides is 6. The van der Waals surface area contributed by atoms with Crippen molar-refractivity contribution in [1.82, 2.24) is 21.3 Å². The minimum Gasteiger partial charge on any atom is -0.469 e. The molecule has 0 heterocycles. The molecule has 0 aliphatic heterocycles. The van der Waals surface area contributed by atoms with E-state index in [2.05, 4.69) is 41.4 Å². The zero-order chi connectivity index (χ0) is 53.2. The van der Waals surface area contributed by atoms with Crippen molar-refractivity contribution in [2.24, 2.45) is 0 Å². The Labute approximate surface area is 407 Å². The Morgan fingerprint density at radius 3 is 1.09 bits per heavy atom. The summed E-state index contributed by atoms with van der Waals surface area (Å²) < 4.78 is 64.0. The molecule has 2 aromatic rings. The second-order valence-electron chi connectivity index (χ2n) is 15.9. The molecule has 2 rings (SSSR count). The third kappa shape index (κ3) is 27.2. The molecule has 26 heteroatoms. The molecule has 8 N–H and O–H groups in total. The molecule has 2 aromatic carbocycles. The van der Waals surface area contributed by atoms with Gasteiger partial charge in [0.25, 0.3) is 20.2 Å². The van der Waals surface area contributed by atoms with Gasteiger partial charge in [-0.25, -0.2) is 0 Å². The molecule has 0 unspecified atom stereocenters. The van der Waals surface area contributed by atoms with Gasteiger partial charge in [-0.15, -0.1) is 0 Å². The van der Waals surface area contributed by atoms with Crippen molar-refractivity contribution in [3.63, 3.8) is 0 Å². The fourth-order valence-electron chi connectivity index (χ4n) is 5.75. The Morgan fingerprint density at radius 2 is 0.771 bits per heavy atom. The molecule has 392 valence electrons. The number of hydrogen-bond acceptors (Lipinski definition) is 18. The molecule has 0 radical (unpaired) electrons. The Morgan fingerprint density at radius 1 is 0.471 bits per heavy atom. The molecule has 0 aliphatic carbocycles. The van der Waals surface area contributed by atoms with Crippen molar-refractivity contribution in [2.75, 3.05) is 37.4 Å². The summed E-state index contributed by atoms with van der Waals surface area (Å²) in [4.78, 5) is 95.9. The molecule has 0 fully saturated rings. The van der Waals surface area contributed by atoms with Gasteiger partial charge in [-0.3, -0.25) is 46.7 Å². The number of esters is 2. The summed E-state index contributed by atoms with van der Waals surface area (Å²) in [6.07, 6.45) is 4.30. The molecule has 0 saturated carbocycles. The van der Waals surface area contributed by atoms with Gasteiger partial charge in [0, 0.05) is 37.1 Å². The van der Waals surface area contributed by atoms with Crippen LogP contribution in [-0.2, 0) is 103 Å². The predicted molar refractivity (Wildman–Crippen MR) is 253 cm³/mol. The highest BCUT2D eigenvalue weighted by atomic mass is 32.2. The number of benzene rings is 2. The maximum atomic E-state index is 12.7. The number of aliphatic hydroxyl groups excluding tert-OH is 2. The number of methoxy groups -OCH3 is 2. The van der Waals surface area contributed by atoms with Crippen LogP contribution in [0.3, 0.4) is 0 Å². The van der Waals surface area contributed by atoms with E-state index in [1.54, 1.807) is 18.2 Å². The predicted octanol–water partition coefficient (Wildman–Crippen LogP) is 0.673. The number of ether oxygens (including phenoxy) is 2. The van der Waals surface area contributed by atoms with Crippen LogP contribution in [0.2, 0.25) is 0 Å². The summed E-state index contributed by atoms with van der Waals surface area (Å²) in [6, 6.07) is 5.33. The fourth-order valence-corrected chi connectivity index (χ4v) is 6.45. The highest BCUT2D eigenvalue weighted by molar-refractivity contribution is 7.86. The van der Waals surface area contributed by atoms with Crippen LogP contribution >= 0.6 is 0 Å². The Balaban J connectivity index is 0.000000719. The zero-order valence-electron chi connectivity index (χ0n) is 40.5. The van der Waals surface area contributed by atoms with Crippen molar-refractivity contribution < 1.29 is 83.2 Å². The molecule has 0 spiro atoms. The summed E-state index contributed by atoms with van der Waals surface area (Å²) in [5.74, 6) is -3.70. The van der Waals surface area contributed by atoms with Gasteiger partial charge >= 0.3 is 11.9 Å². The average molecular weight is 1030 g/mol. The number of anilines is 2. The lowest BCUT2D eigenvalue weighted by Gasteiger charge is -2.19. The third-order valence-corrected chi connectivity index (χ3v) is 10.5. The van der Waals surface area contributed by atoms with E-state index in [1.165, 1.54) is 60.1 Å². The standard InChI is InChI=1S/C23H35N3O11S2.C21H31N3O7/c1-15(24-20(27)8-6-7-9-21(28)35-3)22(29)25-16(2)23(30)26-19-11-17(13-36-38(4,31)32)10-18(12-19)14-37-39(5,33)34;1-13(22-18(27)6-4-5-7-19(28)31-3)20(29)23-14(2)21(30)24-17-9-15(11-25)8-16(10-17)12-26/h10-12,15-16H,6-9,13-14H2,1-5H3,(H,24,27)(H,25,29)(H,26,30);8-10,13-14,25-26H,4-7,11-12H2,1-3H3,(H,22,27)(H,23,29)(H,24,30)/t15-,16-;13-,14-/m00/s1. The van der Waals surface area contributed by atoms with Gasteiger partial charge in [0.15, 0.2) is 0 Å². The van der Waals surface area contributed by atoms with Crippen LogP contribution in [0.25, 0.3) is 0 Å². The normalized spacial score (nSPS) is 12.8. The molecule has 0 aromatic heterocycles. The summed E-state index contributed by atoms with van der Waals surface area (Å²) in [7, 11) is -4.97. The topological polar surface area (TPSA) is 354 Å². The maximum absolute atomic E-state index is 12.7. The highest BCUT2D eigenvalue weighted by Crippen LogP contribution is 2.19. The minimum atomic E-state index is -3.77. The molecule has 0 saturated heterocycles. The molecule has 0 bridgehead atoms. The van der Waals surface area contributed by atoms with Gasteiger partial charge in [-0.2, -0.15) is 16.8 Å². The molecule has 0 aliphatic rings. The monoisotopic (exact) mass is 1030 g/mol. The summed E-state index contributed by atoms with van der Waals surface area (Å²) in [5.41, 5.74) is 2.24. The smallest absolute Gasteiger partial charge is 0.305 e. The van der Waals surface area contributed by atoms with Crippen LogP contribution in [0.15, 0.2) is 36.4 Å². The first-order chi connectivity index (χ1) is 32.7. The van der Waals surface area contributed by atoms with Gasteiger partial charge in [0.05, 0.1) is 53.2 Å². The van der Waals surface area contributed by atoms with Crippen LogP contribution < -0.4 is 31.9 Å². The van der Waals surface area contributed by atoms with Crippen molar-refractivity contribution in [1.29, 1.82) is 0 Å². The summed E-state index contributed by atoms with van der Waals surface area (Å²) in [5, 5.41) is 33.8. The van der Waals surface area contributed by atoms with Crippen LogP contribution in [0.4, 0.5) is 11.4 Å². The zero-order valence-corrected chi connectivity index (χ0v) is 42.1. The van der Waals surface area contributed by atoms with Crippen LogP contribution in [0, 0.1) is 0 Å². The first-order valence-electron chi connectivity index (χ1n) is 21.8. The van der Waals surface area contributed by atoms with E-state index in [-0.39, 0.29) is 75.6 Å². The summed E-state index contributed by atoms with van der Waals surface area (Å²) >= 11 is 0.